The highest BCUT2D eigenvalue weighted by atomic mass is 79.9. The molecule has 16 heavy (non-hydrogen) atoms. The molecular weight excluding hydrogens is 279 g/mol. The molecule has 0 fully saturated rings. The normalized spacial score (nSPS) is 11.4. The largest absolute Gasteiger partial charge is 0.493 e. The van der Waals surface area contributed by atoms with Gasteiger partial charge in [-0.2, -0.15) is 4.39 Å². The Kier molecular flexibility index (Phi) is 3.80. The van der Waals surface area contributed by atoms with E-state index in [2.05, 4.69) is 15.9 Å². The van der Waals surface area contributed by atoms with Crippen molar-refractivity contribution in [3.05, 3.63) is 21.9 Å². The van der Waals surface area contributed by atoms with Crippen LogP contribution >= 0.6 is 15.9 Å². The number of hydrogen-bond donors (Lipinski definition) is 1. The molecule has 0 aliphatic heterocycles. The maximum atomic E-state index is 13.9. The van der Waals surface area contributed by atoms with Crippen molar-refractivity contribution in [2.75, 3.05) is 14.2 Å². The van der Waals surface area contributed by atoms with E-state index in [0.717, 1.165) is 0 Å². The Balaban J connectivity index is 3.53. The molecule has 1 rings (SSSR count). The van der Waals surface area contributed by atoms with Crippen molar-refractivity contribution in [3.63, 3.8) is 0 Å². The third kappa shape index (κ3) is 2.30. The van der Waals surface area contributed by atoms with Crippen molar-refractivity contribution in [2.45, 2.75) is 19.4 Å². The van der Waals surface area contributed by atoms with Crippen molar-refractivity contribution in [1.29, 1.82) is 0 Å². The lowest BCUT2D eigenvalue weighted by molar-refractivity contribution is 0.0747. The van der Waals surface area contributed by atoms with Crippen LogP contribution in [0.25, 0.3) is 0 Å². The van der Waals surface area contributed by atoms with E-state index in [1.807, 2.05) is 0 Å². The number of aliphatic hydroxyl groups is 1. The molecule has 0 aliphatic carbocycles. The maximum Gasteiger partial charge on any atom is 0.208 e. The molecule has 1 aromatic rings. The third-order valence-corrected chi connectivity index (χ3v) is 2.79. The number of ether oxygens (including phenoxy) is 2. The molecule has 3 nitrogen and oxygen atoms in total. The van der Waals surface area contributed by atoms with Gasteiger partial charge < -0.3 is 14.6 Å². The van der Waals surface area contributed by atoms with Gasteiger partial charge >= 0.3 is 0 Å². The van der Waals surface area contributed by atoms with Gasteiger partial charge in [0, 0.05) is 5.56 Å². The summed E-state index contributed by atoms with van der Waals surface area (Å²) in [6.07, 6.45) is 0. The van der Waals surface area contributed by atoms with E-state index in [0.29, 0.717) is 10.0 Å². The molecule has 0 unspecified atom stereocenters. The summed E-state index contributed by atoms with van der Waals surface area (Å²) >= 11 is 3.18. The highest BCUT2D eigenvalue weighted by molar-refractivity contribution is 9.10. The Morgan fingerprint density at radius 3 is 2.12 bits per heavy atom. The second kappa shape index (κ2) is 4.59. The van der Waals surface area contributed by atoms with Crippen LogP contribution in [0.2, 0.25) is 0 Å². The van der Waals surface area contributed by atoms with E-state index in [9.17, 15) is 9.50 Å². The van der Waals surface area contributed by atoms with Gasteiger partial charge in [-0.1, -0.05) is 0 Å². The zero-order chi connectivity index (χ0) is 12.5. The summed E-state index contributed by atoms with van der Waals surface area (Å²) in [5, 5.41) is 9.91. The molecule has 0 heterocycles. The van der Waals surface area contributed by atoms with Gasteiger partial charge in [0.1, 0.15) is 0 Å². The van der Waals surface area contributed by atoms with Crippen molar-refractivity contribution in [3.8, 4) is 11.5 Å². The first-order valence-corrected chi connectivity index (χ1v) is 5.45. The fourth-order valence-corrected chi connectivity index (χ4v) is 1.99. The lowest BCUT2D eigenvalue weighted by Gasteiger charge is -2.22. The van der Waals surface area contributed by atoms with Crippen LogP contribution in [0.1, 0.15) is 19.4 Å². The first kappa shape index (κ1) is 13.3. The molecule has 0 bridgehead atoms. The van der Waals surface area contributed by atoms with Gasteiger partial charge in [0.05, 0.1) is 24.3 Å². The van der Waals surface area contributed by atoms with Crippen LogP contribution < -0.4 is 9.47 Å². The molecule has 0 radical (unpaired) electrons. The van der Waals surface area contributed by atoms with E-state index in [4.69, 9.17) is 9.47 Å². The SMILES string of the molecule is COc1c(Br)cc(C(C)(C)O)c(OC)c1F. The number of methoxy groups -OCH3 is 2. The van der Waals surface area contributed by atoms with E-state index < -0.39 is 11.4 Å². The van der Waals surface area contributed by atoms with Crippen LogP contribution in [-0.2, 0) is 5.60 Å². The van der Waals surface area contributed by atoms with Crippen LogP contribution in [-0.4, -0.2) is 19.3 Å². The Morgan fingerprint density at radius 2 is 1.75 bits per heavy atom. The Bertz CT molecular complexity index is 399. The predicted octanol–water partition coefficient (Wildman–Crippen LogP) is 2.83. The molecular formula is C11H14BrFO3. The Morgan fingerprint density at radius 1 is 1.25 bits per heavy atom. The minimum atomic E-state index is -1.19. The standard InChI is InChI=1S/C11H14BrFO3/c1-11(2,14)6-5-7(12)10(16-4)8(13)9(6)15-3/h5,14H,1-4H3. The number of halogens is 2. The second-order valence-corrected chi connectivity index (χ2v) is 4.70. The molecule has 0 spiro atoms. The van der Waals surface area contributed by atoms with E-state index >= 15 is 0 Å². The maximum absolute atomic E-state index is 13.9. The summed E-state index contributed by atoms with van der Waals surface area (Å²) in [5.74, 6) is -0.575. The van der Waals surface area contributed by atoms with E-state index in [-0.39, 0.29) is 11.5 Å². The highest BCUT2D eigenvalue weighted by Gasteiger charge is 2.27. The number of benzene rings is 1. The van der Waals surface area contributed by atoms with Gasteiger partial charge in [0.25, 0.3) is 0 Å². The quantitative estimate of drug-likeness (QED) is 0.931. The molecule has 1 aromatic carbocycles. The predicted molar refractivity (Wildman–Crippen MR) is 62.4 cm³/mol. The average Bonchev–Trinajstić information content (AvgIpc) is 2.16. The van der Waals surface area contributed by atoms with Crippen molar-refractivity contribution < 1.29 is 19.0 Å². The van der Waals surface area contributed by atoms with Gasteiger partial charge in [-0.3, -0.25) is 0 Å². The minimum Gasteiger partial charge on any atom is -0.493 e. The second-order valence-electron chi connectivity index (χ2n) is 3.85. The summed E-state index contributed by atoms with van der Waals surface area (Å²) in [7, 11) is 2.72. The van der Waals surface area contributed by atoms with Crippen molar-refractivity contribution in [2.24, 2.45) is 0 Å². The molecule has 0 aromatic heterocycles. The van der Waals surface area contributed by atoms with Crippen LogP contribution in [0.15, 0.2) is 10.5 Å². The summed E-state index contributed by atoms with van der Waals surface area (Å²) in [6.45, 7) is 3.12. The van der Waals surface area contributed by atoms with Crippen LogP contribution in [0.5, 0.6) is 11.5 Å². The van der Waals surface area contributed by atoms with Crippen molar-refractivity contribution >= 4 is 15.9 Å². The van der Waals surface area contributed by atoms with Crippen molar-refractivity contribution in [1.82, 2.24) is 0 Å². The zero-order valence-electron chi connectivity index (χ0n) is 9.60. The average molecular weight is 293 g/mol. The van der Waals surface area contributed by atoms with Crippen LogP contribution in [0.4, 0.5) is 4.39 Å². The molecule has 0 saturated heterocycles. The summed E-state index contributed by atoms with van der Waals surface area (Å²) in [6, 6.07) is 1.58. The summed E-state index contributed by atoms with van der Waals surface area (Å²) in [4.78, 5) is 0. The number of rotatable bonds is 3. The topological polar surface area (TPSA) is 38.7 Å². The fraction of sp³-hybridized carbons (Fsp3) is 0.455. The third-order valence-electron chi connectivity index (χ3n) is 2.20. The monoisotopic (exact) mass is 292 g/mol. The minimum absolute atomic E-state index is 0.00690. The van der Waals surface area contributed by atoms with Gasteiger partial charge in [-0.25, -0.2) is 0 Å². The zero-order valence-corrected chi connectivity index (χ0v) is 11.2. The number of hydrogen-bond acceptors (Lipinski definition) is 3. The van der Waals surface area contributed by atoms with E-state index in [1.165, 1.54) is 14.2 Å². The van der Waals surface area contributed by atoms with Crippen LogP contribution in [0, 0.1) is 5.82 Å². The molecule has 90 valence electrons. The highest BCUT2D eigenvalue weighted by Crippen LogP contribution is 2.41. The first-order chi connectivity index (χ1) is 7.32. The molecule has 0 aliphatic rings. The summed E-state index contributed by atoms with van der Waals surface area (Å²) < 4.78 is 24.2. The van der Waals surface area contributed by atoms with Gasteiger partial charge in [-0.05, 0) is 35.8 Å². The van der Waals surface area contributed by atoms with Gasteiger partial charge in [-0.15, -0.1) is 0 Å². The summed E-state index contributed by atoms with van der Waals surface area (Å²) in [5.41, 5.74) is -0.832. The molecule has 1 N–H and O–H groups in total. The Hall–Kier alpha value is -0.810. The molecule has 0 atom stereocenters. The smallest absolute Gasteiger partial charge is 0.208 e. The van der Waals surface area contributed by atoms with E-state index in [1.54, 1.807) is 19.9 Å². The van der Waals surface area contributed by atoms with Gasteiger partial charge in [0.2, 0.25) is 5.82 Å². The molecule has 5 heteroatoms. The Labute approximate surface area is 102 Å². The van der Waals surface area contributed by atoms with Crippen LogP contribution in [0.3, 0.4) is 0 Å². The molecule has 0 amide bonds. The fourth-order valence-electron chi connectivity index (χ4n) is 1.43. The lowest BCUT2D eigenvalue weighted by Crippen LogP contribution is -2.18. The van der Waals surface area contributed by atoms with Gasteiger partial charge in [0.15, 0.2) is 11.5 Å². The molecule has 0 saturated carbocycles. The first-order valence-electron chi connectivity index (χ1n) is 4.65. The lowest BCUT2D eigenvalue weighted by atomic mass is 9.97.